The summed E-state index contributed by atoms with van der Waals surface area (Å²) in [5.74, 6) is -0.631. The molecule has 0 saturated carbocycles. The molecule has 0 spiro atoms. The molecule has 0 saturated heterocycles. The standard InChI is InChI=1S/C6H7.C2H7Si.CH3NO.2ClH.Zr/c1-6-4-2-3-5-6;1-3-2;2-1-3;;;/h4-5H,2H2,1H3;3H,1-2H3;1H,(H2,2,3);2*1H;/q;;;;;+3/p-3. The maximum atomic E-state index is 10.5. The molecule has 0 unspecified atom stereocenters. The zero-order valence-electron chi connectivity index (χ0n) is 9.18. The molecule has 0 heterocycles. The fraction of sp³-hybridized carbons (Fsp3) is 0.444. The van der Waals surface area contributed by atoms with Crippen LogP contribution in [0.1, 0.15) is 13.3 Å². The number of allylic oxidation sites excluding steroid dienone is 4. The van der Waals surface area contributed by atoms with E-state index in [0.29, 0.717) is 0 Å². The van der Waals surface area contributed by atoms with Crippen LogP contribution in [0.3, 0.4) is 0 Å². The Morgan fingerprint density at radius 3 is 2.40 bits per heavy atom. The van der Waals surface area contributed by atoms with Crippen LogP contribution in [0.2, 0.25) is 13.1 Å². The molecule has 6 heteroatoms. The second kappa shape index (κ2) is 8.74. The van der Waals surface area contributed by atoms with Crippen LogP contribution < -0.4 is 28.1 Å². The molecule has 0 fully saturated rings. The van der Waals surface area contributed by atoms with Gasteiger partial charge in [-0.3, -0.25) is 0 Å². The summed E-state index contributed by atoms with van der Waals surface area (Å²) in [5.41, 5.74) is 1.37. The Morgan fingerprint density at radius 2 is 2.07 bits per heavy atom. The Labute approximate surface area is 113 Å². The van der Waals surface area contributed by atoms with Gasteiger partial charge in [-0.05, 0) is 0 Å². The van der Waals surface area contributed by atoms with Gasteiger partial charge in [-0.1, -0.05) is 0 Å². The number of rotatable bonds is 4. The Hall–Kier alpha value is 0.630. The molecule has 1 N–H and O–H groups in total. The first kappa shape index (κ1) is 18.0. The maximum Gasteiger partial charge on any atom is -1.00 e. The molecule has 0 bridgehead atoms. The first-order valence-electron chi connectivity index (χ1n) is 4.60. The maximum absolute atomic E-state index is 10.5. The molecule has 0 aromatic heterocycles. The smallest absolute Gasteiger partial charge is 1.00 e. The van der Waals surface area contributed by atoms with Gasteiger partial charge in [0, 0.05) is 0 Å². The third-order valence-corrected chi connectivity index (χ3v) is 18.6. The number of carbonyl (C=O) groups is 1. The van der Waals surface area contributed by atoms with E-state index < -0.39 is 27.1 Å². The summed E-state index contributed by atoms with van der Waals surface area (Å²) in [6.45, 7) is 6.83. The van der Waals surface area contributed by atoms with Gasteiger partial charge in [0.15, 0.2) is 0 Å². The van der Waals surface area contributed by atoms with Crippen molar-refractivity contribution in [3.63, 3.8) is 0 Å². The molecule has 1 aliphatic carbocycles. The van der Waals surface area contributed by atoms with E-state index in [0.717, 1.165) is 12.8 Å². The van der Waals surface area contributed by atoms with Crippen LogP contribution in [0.5, 0.6) is 0 Å². The molecule has 0 aliphatic heterocycles. The van der Waals surface area contributed by atoms with E-state index >= 15 is 0 Å². The van der Waals surface area contributed by atoms with Crippen molar-refractivity contribution in [2.75, 3.05) is 0 Å². The molecule has 2 nitrogen and oxygen atoms in total. The van der Waals surface area contributed by atoms with Crippen molar-refractivity contribution >= 4 is 12.3 Å². The predicted octanol–water partition coefficient (Wildman–Crippen LogP) is -4.51. The van der Waals surface area contributed by atoms with Crippen molar-refractivity contribution in [2.24, 2.45) is 0 Å². The zero-order chi connectivity index (χ0) is 9.84. The van der Waals surface area contributed by atoms with Crippen molar-refractivity contribution < 1.29 is 50.8 Å². The Kier molecular flexibility index (Phi) is 10.5. The fourth-order valence-electron chi connectivity index (χ4n) is 1.54. The van der Waals surface area contributed by atoms with Gasteiger partial charge in [0.05, 0.1) is 0 Å². The molecule has 0 aromatic carbocycles. The van der Waals surface area contributed by atoms with E-state index in [2.05, 4.69) is 35.4 Å². The van der Waals surface area contributed by atoms with E-state index in [9.17, 15) is 4.79 Å². The Morgan fingerprint density at radius 1 is 1.47 bits per heavy atom. The minimum absolute atomic E-state index is 0. The van der Waals surface area contributed by atoms with Crippen LogP contribution in [-0.2, 0) is 26.0 Å². The van der Waals surface area contributed by atoms with Crippen LogP contribution in [-0.4, -0.2) is 12.3 Å². The SMILES string of the molecule is CC1=CC[C]([Zr+2]([NH]C=O)[SiH](C)C)=C1.[Cl-].[Cl-]. The number of nitrogens with one attached hydrogen (secondary N) is 1. The van der Waals surface area contributed by atoms with E-state index in [1.54, 1.807) is 3.28 Å². The largest absolute Gasteiger partial charge is 1.00 e. The summed E-state index contributed by atoms with van der Waals surface area (Å²) in [4.78, 5) is 10.5. The van der Waals surface area contributed by atoms with Crippen LogP contribution in [0.25, 0.3) is 0 Å². The molecule has 0 radical (unpaired) electrons. The summed E-state index contributed by atoms with van der Waals surface area (Å²) >= 11 is -1.65. The van der Waals surface area contributed by atoms with Crippen LogP contribution >= 0.6 is 0 Å². The minimum atomic E-state index is -1.65. The molecule has 1 aliphatic rings. The van der Waals surface area contributed by atoms with E-state index in [-0.39, 0.29) is 24.8 Å². The summed E-state index contributed by atoms with van der Waals surface area (Å²) in [6, 6.07) is 0. The van der Waals surface area contributed by atoms with Crippen molar-refractivity contribution in [2.45, 2.75) is 26.4 Å². The van der Waals surface area contributed by atoms with Crippen molar-refractivity contribution in [3.8, 4) is 0 Å². The number of carbonyl (C=O) groups excluding carboxylic acids is 1. The molecule has 85 valence electrons. The van der Waals surface area contributed by atoms with Crippen molar-refractivity contribution in [1.29, 1.82) is 0 Å². The van der Waals surface area contributed by atoms with Crippen LogP contribution in [0.15, 0.2) is 21.0 Å². The topological polar surface area (TPSA) is 29.1 Å². The second-order valence-corrected chi connectivity index (χ2v) is 22.2. The van der Waals surface area contributed by atoms with Crippen LogP contribution in [0, 0.1) is 0 Å². The number of amides is 1. The fourth-order valence-corrected chi connectivity index (χ4v) is 14.6. The summed E-state index contributed by atoms with van der Waals surface area (Å²) in [6.07, 6.45) is 6.57. The molecular weight excluding hydrogens is 328 g/mol. The molecule has 1 amide bonds. The first-order chi connectivity index (χ1) is 6.15. The summed E-state index contributed by atoms with van der Waals surface area (Å²) < 4.78 is 4.70. The van der Waals surface area contributed by atoms with Crippen molar-refractivity contribution in [3.05, 3.63) is 21.0 Å². The van der Waals surface area contributed by atoms with Crippen molar-refractivity contribution in [1.82, 2.24) is 3.26 Å². The van der Waals surface area contributed by atoms with Gasteiger partial charge in [-0.15, -0.1) is 0 Å². The van der Waals surface area contributed by atoms with Gasteiger partial charge < -0.3 is 24.8 Å². The Balaban J connectivity index is 0. The van der Waals surface area contributed by atoms with Gasteiger partial charge >= 0.3 is 89.0 Å². The number of hydrogen-bond acceptors (Lipinski definition) is 1. The molecule has 1 rings (SSSR count). The third-order valence-electron chi connectivity index (χ3n) is 2.18. The quantitative estimate of drug-likeness (QED) is 0.404. The average Bonchev–Trinajstić information content (AvgIpc) is 2.46. The van der Waals surface area contributed by atoms with Crippen LogP contribution in [0.4, 0.5) is 0 Å². The van der Waals surface area contributed by atoms with Gasteiger partial charge in [0.25, 0.3) is 0 Å². The minimum Gasteiger partial charge on any atom is -1.00 e. The van der Waals surface area contributed by atoms with Gasteiger partial charge in [-0.25, -0.2) is 0 Å². The molecule has 15 heavy (non-hydrogen) atoms. The summed E-state index contributed by atoms with van der Waals surface area (Å²) in [5, 5.41) is 0. The summed E-state index contributed by atoms with van der Waals surface area (Å²) in [7, 11) is 0. The van der Waals surface area contributed by atoms with Gasteiger partial charge in [0.2, 0.25) is 0 Å². The molecule has 0 atom stereocenters. The number of halogens is 2. The van der Waals surface area contributed by atoms with E-state index in [4.69, 9.17) is 0 Å². The van der Waals surface area contributed by atoms with Gasteiger partial charge in [-0.2, -0.15) is 0 Å². The molecule has 0 aromatic rings. The molecular formula is C9H16Cl2NOSiZr. The van der Waals surface area contributed by atoms with Gasteiger partial charge in [0.1, 0.15) is 0 Å². The Bertz CT molecular complexity index is 269. The zero-order valence-corrected chi connectivity index (χ0v) is 14.3. The third kappa shape index (κ3) is 5.48. The van der Waals surface area contributed by atoms with E-state index in [1.165, 1.54) is 5.57 Å². The average molecular weight is 344 g/mol. The normalized spacial score (nSPS) is 13.3. The van der Waals surface area contributed by atoms with E-state index in [1.807, 2.05) is 0 Å². The monoisotopic (exact) mass is 342 g/mol. The number of hydrogen-bond donors (Lipinski definition) is 1. The predicted molar refractivity (Wildman–Crippen MR) is 54.5 cm³/mol. The second-order valence-electron chi connectivity index (χ2n) is 3.65. The first-order valence-corrected chi connectivity index (χ1v) is 14.2.